The van der Waals surface area contributed by atoms with Crippen LogP contribution in [0.2, 0.25) is 0 Å². The molecule has 3 nitrogen and oxygen atoms in total. The Morgan fingerprint density at radius 1 is 1.28 bits per heavy atom. The van der Waals surface area contributed by atoms with E-state index in [0.29, 0.717) is 11.5 Å². The van der Waals surface area contributed by atoms with E-state index < -0.39 is 0 Å². The van der Waals surface area contributed by atoms with Crippen molar-refractivity contribution < 1.29 is 4.39 Å². The summed E-state index contributed by atoms with van der Waals surface area (Å²) in [5.41, 5.74) is 8.52. The number of benzene rings is 1. The van der Waals surface area contributed by atoms with Crippen LogP contribution in [0.25, 0.3) is 5.69 Å². The predicted octanol–water partition coefficient (Wildman–Crippen LogP) is 3.23. The van der Waals surface area contributed by atoms with E-state index in [1.807, 2.05) is 6.07 Å². The van der Waals surface area contributed by atoms with Crippen LogP contribution in [0.15, 0.2) is 22.7 Å². The molecule has 0 unspecified atom stereocenters. The van der Waals surface area contributed by atoms with Gasteiger partial charge in [-0.05, 0) is 43.9 Å². The summed E-state index contributed by atoms with van der Waals surface area (Å²) in [5, 5.41) is 4.29. The maximum absolute atomic E-state index is 14.0. The topological polar surface area (TPSA) is 43.8 Å². The minimum atomic E-state index is -0.291. The van der Waals surface area contributed by atoms with Crippen molar-refractivity contribution in [2.75, 3.05) is 5.73 Å². The van der Waals surface area contributed by atoms with Crippen LogP contribution in [-0.2, 0) is 12.8 Å². The molecular formula is C13H13BrFN3. The van der Waals surface area contributed by atoms with E-state index in [9.17, 15) is 4.39 Å². The third-order valence-corrected chi connectivity index (χ3v) is 3.84. The van der Waals surface area contributed by atoms with Gasteiger partial charge in [0, 0.05) is 15.7 Å². The third-order valence-electron chi connectivity index (χ3n) is 3.35. The summed E-state index contributed by atoms with van der Waals surface area (Å²) >= 11 is 3.25. The first-order chi connectivity index (χ1) is 8.66. The second-order valence-electron chi connectivity index (χ2n) is 4.53. The summed E-state index contributed by atoms with van der Waals surface area (Å²) in [7, 11) is 0. The van der Waals surface area contributed by atoms with E-state index in [1.165, 1.54) is 6.07 Å². The first-order valence-corrected chi connectivity index (χ1v) is 6.78. The van der Waals surface area contributed by atoms with E-state index in [0.717, 1.165) is 41.4 Å². The molecule has 1 aromatic heterocycles. The normalized spacial score (nSPS) is 14.6. The molecule has 1 aliphatic carbocycles. The molecule has 0 saturated carbocycles. The third kappa shape index (κ3) is 1.82. The molecule has 2 N–H and O–H groups in total. The lowest BCUT2D eigenvalue weighted by Crippen LogP contribution is -2.09. The molecule has 1 heterocycles. The molecule has 0 spiro atoms. The van der Waals surface area contributed by atoms with Crippen molar-refractivity contribution in [2.24, 2.45) is 0 Å². The Labute approximate surface area is 113 Å². The standard InChI is InChI=1S/C13H13BrFN3/c14-8-5-6-12(10(15)7-8)18-11-4-2-1-3-9(11)13(16)17-18/h5-7H,1-4H2,(H2,16,17). The highest BCUT2D eigenvalue weighted by Crippen LogP contribution is 2.29. The van der Waals surface area contributed by atoms with Gasteiger partial charge >= 0.3 is 0 Å². The van der Waals surface area contributed by atoms with Gasteiger partial charge in [-0.2, -0.15) is 5.10 Å². The van der Waals surface area contributed by atoms with Crippen LogP contribution in [0.5, 0.6) is 0 Å². The second kappa shape index (κ2) is 4.39. The van der Waals surface area contributed by atoms with Crippen molar-refractivity contribution in [3.63, 3.8) is 0 Å². The number of rotatable bonds is 1. The highest BCUT2D eigenvalue weighted by atomic mass is 79.9. The summed E-state index contributed by atoms with van der Waals surface area (Å²) in [5.74, 6) is 0.243. The maximum atomic E-state index is 14.0. The number of anilines is 1. The Morgan fingerprint density at radius 2 is 2.06 bits per heavy atom. The molecule has 0 fully saturated rings. The highest BCUT2D eigenvalue weighted by Gasteiger charge is 2.21. The number of nitrogens with two attached hydrogens (primary N) is 1. The summed E-state index contributed by atoms with van der Waals surface area (Å²) in [4.78, 5) is 0. The van der Waals surface area contributed by atoms with Crippen molar-refractivity contribution in [3.8, 4) is 5.69 Å². The Hall–Kier alpha value is -1.36. The Kier molecular flexibility index (Phi) is 2.86. The van der Waals surface area contributed by atoms with E-state index in [2.05, 4.69) is 21.0 Å². The smallest absolute Gasteiger partial charge is 0.149 e. The van der Waals surface area contributed by atoms with Crippen molar-refractivity contribution in [3.05, 3.63) is 39.7 Å². The Balaban J connectivity index is 2.17. The van der Waals surface area contributed by atoms with Crippen LogP contribution in [0.1, 0.15) is 24.1 Å². The zero-order chi connectivity index (χ0) is 12.7. The number of nitrogen functional groups attached to an aromatic ring is 1. The quantitative estimate of drug-likeness (QED) is 0.879. The molecule has 94 valence electrons. The van der Waals surface area contributed by atoms with Gasteiger partial charge < -0.3 is 5.73 Å². The highest BCUT2D eigenvalue weighted by molar-refractivity contribution is 9.10. The Bertz CT molecular complexity index is 607. The predicted molar refractivity (Wildman–Crippen MR) is 72.3 cm³/mol. The van der Waals surface area contributed by atoms with Gasteiger partial charge in [-0.3, -0.25) is 0 Å². The first kappa shape index (κ1) is 11.7. The monoisotopic (exact) mass is 309 g/mol. The molecule has 2 aromatic rings. The zero-order valence-electron chi connectivity index (χ0n) is 9.79. The van der Waals surface area contributed by atoms with Crippen LogP contribution in [0.3, 0.4) is 0 Å². The summed E-state index contributed by atoms with van der Waals surface area (Å²) in [6, 6.07) is 4.98. The van der Waals surface area contributed by atoms with Gasteiger partial charge in [-0.15, -0.1) is 0 Å². The summed E-state index contributed by atoms with van der Waals surface area (Å²) in [6.07, 6.45) is 4.09. The molecule has 1 aliphatic rings. The van der Waals surface area contributed by atoms with Crippen molar-refractivity contribution >= 4 is 21.7 Å². The minimum absolute atomic E-state index is 0.291. The molecule has 1 aromatic carbocycles. The van der Waals surface area contributed by atoms with Gasteiger partial charge in [-0.1, -0.05) is 15.9 Å². The number of hydrogen-bond acceptors (Lipinski definition) is 2. The first-order valence-electron chi connectivity index (χ1n) is 5.98. The number of aromatic nitrogens is 2. The zero-order valence-corrected chi connectivity index (χ0v) is 11.4. The number of nitrogens with zero attached hydrogens (tertiary/aromatic N) is 2. The lowest BCUT2D eigenvalue weighted by molar-refractivity contribution is 0.596. The van der Waals surface area contributed by atoms with Crippen LogP contribution in [0, 0.1) is 5.82 Å². The van der Waals surface area contributed by atoms with Gasteiger partial charge in [0.05, 0.1) is 0 Å². The molecular weight excluding hydrogens is 297 g/mol. The molecule has 18 heavy (non-hydrogen) atoms. The Morgan fingerprint density at radius 3 is 2.83 bits per heavy atom. The van der Waals surface area contributed by atoms with Crippen molar-refractivity contribution in [1.82, 2.24) is 9.78 Å². The average molecular weight is 310 g/mol. The minimum Gasteiger partial charge on any atom is -0.382 e. The lowest BCUT2D eigenvalue weighted by Gasteiger charge is -2.14. The molecule has 0 atom stereocenters. The SMILES string of the molecule is Nc1nn(-c2ccc(Br)cc2F)c2c1CCCC2. The molecule has 0 aliphatic heterocycles. The molecule has 0 bridgehead atoms. The molecule has 0 radical (unpaired) electrons. The van der Waals surface area contributed by atoms with Crippen LogP contribution in [-0.4, -0.2) is 9.78 Å². The van der Waals surface area contributed by atoms with Crippen molar-refractivity contribution in [1.29, 1.82) is 0 Å². The largest absolute Gasteiger partial charge is 0.382 e. The van der Waals surface area contributed by atoms with Crippen LogP contribution in [0.4, 0.5) is 10.2 Å². The summed E-state index contributed by atoms with van der Waals surface area (Å²) in [6.45, 7) is 0. The van der Waals surface area contributed by atoms with Gasteiger partial charge in [0.2, 0.25) is 0 Å². The van der Waals surface area contributed by atoms with Crippen LogP contribution < -0.4 is 5.73 Å². The number of fused-ring (bicyclic) bond motifs is 1. The van der Waals surface area contributed by atoms with E-state index in [4.69, 9.17) is 5.73 Å². The van der Waals surface area contributed by atoms with Gasteiger partial charge in [0.25, 0.3) is 0 Å². The average Bonchev–Trinajstić information content (AvgIpc) is 2.68. The molecule has 3 rings (SSSR count). The maximum Gasteiger partial charge on any atom is 0.149 e. The fraction of sp³-hybridized carbons (Fsp3) is 0.308. The van der Waals surface area contributed by atoms with E-state index in [1.54, 1.807) is 10.7 Å². The van der Waals surface area contributed by atoms with Crippen LogP contribution >= 0.6 is 15.9 Å². The summed E-state index contributed by atoms with van der Waals surface area (Å²) < 4.78 is 16.4. The fourth-order valence-corrected chi connectivity index (χ4v) is 2.81. The second-order valence-corrected chi connectivity index (χ2v) is 5.44. The van der Waals surface area contributed by atoms with Gasteiger partial charge in [0.1, 0.15) is 17.3 Å². The molecule has 0 amide bonds. The molecule has 5 heteroatoms. The number of halogens is 2. The lowest BCUT2D eigenvalue weighted by atomic mass is 9.97. The molecule has 0 saturated heterocycles. The number of hydrogen-bond donors (Lipinski definition) is 1. The van der Waals surface area contributed by atoms with Crippen molar-refractivity contribution in [2.45, 2.75) is 25.7 Å². The van der Waals surface area contributed by atoms with E-state index >= 15 is 0 Å². The van der Waals surface area contributed by atoms with Gasteiger partial charge in [0.15, 0.2) is 0 Å². The van der Waals surface area contributed by atoms with E-state index in [-0.39, 0.29) is 5.82 Å². The van der Waals surface area contributed by atoms with Gasteiger partial charge in [-0.25, -0.2) is 9.07 Å². The fourth-order valence-electron chi connectivity index (χ4n) is 2.48.